The second-order valence-electron chi connectivity index (χ2n) is 3.86. The van der Waals surface area contributed by atoms with E-state index in [1.165, 1.54) is 0 Å². The fourth-order valence-corrected chi connectivity index (χ4v) is 2.66. The van der Waals surface area contributed by atoms with E-state index in [0.717, 1.165) is 5.75 Å². The summed E-state index contributed by atoms with van der Waals surface area (Å²) >= 11 is 1.73. The molecule has 1 fully saturated rings. The highest BCUT2D eigenvalue weighted by molar-refractivity contribution is 7.99. The summed E-state index contributed by atoms with van der Waals surface area (Å²) in [6.45, 7) is 0.618. The topological polar surface area (TPSA) is 44.8 Å². The molecule has 1 aromatic carbocycles. The second kappa shape index (κ2) is 6.11. The van der Waals surface area contributed by atoms with Crippen LogP contribution in [0.5, 0.6) is 11.5 Å². The summed E-state index contributed by atoms with van der Waals surface area (Å²) in [5, 5.41) is 0. The lowest BCUT2D eigenvalue weighted by Gasteiger charge is -2.22. The number of hydrogen-bond donors (Lipinski definition) is 0. The summed E-state index contributed by atoms with van der Waals surface area (Å²) in [4.78, 5) is 12.4. The highest BCUT2D eigenvalue weighted by Gasteiger charge is 2.26. The van der Waals surface area contributed by atoms with Crippen LogP contribution in [0.2, 0.25) is 0 Å². The summed E-state index contributed by atoms with van der Waals surface area (Å²) in [5.41, 5.74) is 0.518. The Morgan fingerprint density at radius 1 is 1.39 bits per heavy atom. The van der Waals surface area contributed by atoms with Gasteiger partial charge in [0, 0.05) is 11.5 Å². The van der Waals surface area contributed by atoms with Crippen LogP contribution in [-0.4, -0.2) is 44.2 Å². The van der Waals surface area contributed by atoms with Gasteiger partial charge in [0.1, 0.15) is 17.6 Å². The van der Waals surface area contributed by atoms with E-state index >= 15 is 0 Å². The molecule has 0 aromatic heterocycles. The molecule has 1 saturated heterocycles. The third-order valence-electron chi connectivity index (χ3n) is 2.78. The van der Waals surface area contributed by atoms with Gasteiger partial charge in [-0.05, 0) is 18.2 Å². The average molecular weight is 268 g/mol. The number of ether oxygens (including phenoxy) is 3. The minimum atomic E-state index is -0.384. The number of ketones is 1. The van der Waals surface area contributed by atoms with E-state index in [9.17, 15) is 4.79 Å². The highest BCUT2D eigenvalue weighted by Crippen LogP contribution is 2.27. The maximum Gasteiger partial charge on any atom is 0.196 e. The second-order valence-corrected chi connectivity index (χ2v) is 5.01. The molecule has 5 heteroatoms. The van der Waals surface area contributed by atoms with E-state index in [1.54, 1.807) is 44.2 Å². The molecule has 1 aliphatic heterocycles. The Bertz CT molecular complexity index is 427. The number of thioether (sulfide) groups is 1. The SMILES string of the molecule is COc1ccc(OC)c(C(=O)C2CSCCO2)c1. The number of carbonyl (C=O) groups is 1. The lowest BCUT2D eigenvalue weighted by molar-refractivity contribution is 0.0516. The van der Waals surface area contributed by atoms with Crippen molar-refractivity contribution in [3.8, 4) is 11.5 Å². The van der Waals surface area contributed by atoms with Gasteiger partial charge in [0.15, 0.2) is 5.78 Å². The fourth-order valence-electron chi connectivity index (χ4n) is 1.82. The summed E-state index contributed by atoms with van der Waals surface area (Å²) in [6, 6.07) is 5.21. The largest absolute Gasteiger partial charge is 0.497 e. The number of benzene rings is 1. The smallest absolute Gasteiger partial charge is 0.196 e. The first-order valence-corrected chi connectivity index (χ1v) is 6.87. The zero-order chi connectivity index (χ0) is 13.0. The van der Waals surface area contributed by atoms with E-state index < -0.39 is 0 Å². The first kappa shape index (κ1) is 13.2. The molecule has 0 N–H and O–H groups in total. The third kappa shape index (κ3) is 2.79. The van der Waals surface area contributed by atoms with E-state index in [4.69, 9.17) is 14.2 Å². The van der Waals surface area contributed by atoms with Crippen LogP contribution in [0.3, 0.4) is 0 Å². The molecule has 1 aliphatic rings. The molecule has 1 unspecified atom stereocenters. The van der Waals surface area contributed by atoms with Gasteiger partial charge >= 0.3 is 0 Å². The Labute approximate surface area is 111 Å². The lowest BCUT2D eigenvalue weighted by Crippen LogP contribution is -2.31. The molecule has 18 heavy (non-hydrogen) atoms. The molecule has 98 valence electrons. The van der Waals surface area contributed by atoms with E-state index in [2.05, 4.69) is 0 Å². The molecule has 0 radical (unpaired) electrons. The van der Waals surface area contributed by atoms with Crippen LogP contribution >= 0.6 is 11.8 Å². The Morgan fingerprint density at radius 2 is 2.22 bits per heavy atom. The molecular formula is C13H16O4S. The van der Waals surface area contributed by atoms with Crippen molar-refractivity contribution in [1.29, 1.82) is 0 Å². The summed E-state index contributed by atoms with van der Waals surface area (Å²) in [6.07, 6.45) is -0.384. The van der Waals surface area contributed by atoms with Gasteiger partial charge < -0.3 is 14.2 Å². The lowest BCUT2D eigenvalue weighted by atomic mass is 10.1. The van der Waals surface area contributed by atoms with Crippen LogP contribution in [0, 0.1) is 0 Å². The third-order valence-corrected chi connectivity index (χ3v) is 3.77. The molecule has 4 nitrogen and oxygen atoms in total. The molecule has 1 atom stereocenters. The van der Waals surface area contributed by atoms with Gasteiger partial charge in [-0.1, -0.05) is 0 Å². The van der Waals surface area contributed by atoms with Gasteiger partial charge in [0.25, 0.3) is 0 Å². The Kier molecular flexibility index (Phi) is 4.49. The van der Waals surface area contributed by atoms with Crippen molar-refractivity contribution in [3.05, 3.63) is 23.8 Å². The predicted octanol–water partition coefficient (Wildman–Crippen LogP) is 2.02. The van der Waals surface area contributed by atoms with Crippen molar-refractivity contribution < 1.29 is 19.0 Å². The van der Waals surface area contributed by atoms with Gasteiger partial charge in [0.05, 0.1) is 26.4 Å². The number of methoxy groups -OCH3 is 2. The van der Waals surface area contributed by atoms with Crippen molar-refractivity contribution in [1.82, 2.24) is 0 Å². The number of carbonyl (C=O) groups excluding carboxylic acids is 1. The van der Waals surface area contributed by atoms with Crippen LogP contribution in [0.4, 0.5) is 0 Å². The summed E-state index contributed by atoms with van der Waals surface area (Å²) < 4.78 is 15.9. The van der Waals surface area contributed by atoms with E-state index in [1.807, 2.05) is 0 Å². The van der Waals surface area contributed by atoms with Gasteiger partial charge in [-0.3, -0.25) is 4.79 Å². The summed E-state index contributed by atoms with van der Waals surface area (Å²) in [5.74, 6) is 2.79. The first-order valence-electron chi connectivity index (χ1n) is 5.72. The normalized spacial score (nSPS) is 19.3. The maximum atomic E-state index is 12.4. The molecule has 0 aliphatic carbocycles. The van der Waals surface area contributed by atoms with Gasteiger partial charge in [-0.2, -0.15) is 11.8 Å². The molecular weight excluding hydrogens is 252 g/mol. The van der Waals surface area contributed by atoms with Crippen molar-refractivity contribution in [2.24, 2.45) is 0 Å². The summed E-state index contributed by atoms with van der Waals surface area (Å²) in [7, 11) is 3.12. The monoisotopic (exact) mass is 268 g/mol. The first-order chi connectivity index (χ1) is 8.76. The minimum absolute atomic E-state index is 0.0436. The Balaban J connectivity index is 2.26. The molecule has 0 amide bonds. The quantitative estimate of drug-likeness (QED) is 0.782. The number of Topliss-reactive ketones (excluding diaryl/α,β-unsaturated/α-hetero) is 1. The Morgan fingerprint density at radius 3 is 2.83 bits per heavy atom. The van der Waals surface area contributed by atoms with Crippen molar-refractivity contribution in [2.75, 3.05) is 32.3 Å². The molecule has 1 aromatic rings. The standard InChI is InChI=1S/C13H16O4S/c1-15-9-3-4-11(16-2)10(7-9)13(14)12-8-18-6-5-17-12/h3-4,7,12H,5-6,8H2,1-2H3. The van der Waals surface area contributed by atoms with Crippen LogP contribution in [0.25, 0.3) is 0 Å². The Hall–Kier alpha value is -1.20. The maximum absolute atomic E-state index is 12.4. The number of hydrogen-bond acceptors (Lipinski definition) is 5. The minimum Gasteiger partial charge on any atom is -0.497 e. The number of rotatable bonds is 4. The van der Waals surface area contributed by atoms with Crippen LogP contribution in [-0.2, 0) is 4.74 Å². The van der Waals surface area contributed by atoms with Crippen molar-refractivity contribution in [2.45, 2.75) is 6.10 Å². The fraction of sp³-hybridized carbons (Fsp3) is 0.462. The molecule has 2 rings (SSSR count). The zero-order valence-corrected chi connectivity index (χ0v) is 11.3. The zero-order valence-electron chi connectivity index (χ0n) is 10.5. The van der Waals surface area contributed by atoms with Crippen LogP contribution in [0.15, 0.2) is 18.2 Å². The molecule has 0 bridgehead atoms. The predicted molar refractivity (Wildman–Crippen MR) is 70.9 cm³/mol. The molecule has 1 heterocycles. The van der Waals surface area contributed by atoms with E-state index in [-0.39, 0.29) is 11.9 Å². The van der Waals surface area contributed by atoms with Crippen LogP contribution in [0.1, 0.15) is 10.4 Å². The molecule has 0 saturated carbocycles. The van der Waals surface area contributed by atoms with Gasteiger partial charge in [-0.25, -0.2) is 0 Å². The molecule has 0 spiro atoms. The van der Waals surface area contributed by atoms with Crippen molar-refractivity contribution in [3.63, 3.8) is 0 Å². The average Bonchev–Trinajstić information content (AvgIpc) is 2.46. The van der Waals surface area contributed by atoms with E-state index in [0.29, 0.717) is 29.4 Å². The van der Waals surface area contributed by atoms with Crippen LogP contribution < -0.4 is 9.47 Å². The van der Waals surface area contributed by atoms with Gasteiger partial charge in [0.2, 0.25) is 0 Å². The van der Waals surface area contributed by atoms with Gasteiger partial charge in [-0.15, -0.1) is 0 Å². The highest BCUT2D eigenvalue weighted by atomic mass is 32.2. The van der Waals surface area contributed by atoms with Crippen molar-refractivity contribution >= 4 is 17.5 Å².